The number of carbonyl (C=O) groups is 1. The minimum Gasteiger partial charge on any atom is -0.349 e. The van der Waals surface area contributed by atoms with Gasteiger partial charge in [0.2, 0.25) is 5.69 Å². The number of benzene rings is 2. The number of aromatic nitrogens is 3. The molecule has 9 heteroatoms. The maximum absolute atomic E-state index is 14.2. The van der Waals surface area contributed by atoms with Gasteiger partial charge in [-0.05, 0) is 45.1 Å². The first-order valence-electron chi connectivity index (χ1n) is 10.2. The first-order chi connectivity index (χ1) is 15.2. The summed E-state index contributed by atoms with van der Waals surface area (Å²) in [5.74, 6) is -1.23. The molecule has 3 rings (SSSR count). The molecule has 0 spiro atoms. The second kappa shape index (κ2) is 9.69. The zero-order valence-electron chi connectivity index (χ0n) is 18.5. The van der Waals surface area contributed by atoms with Gasteiger partial charge in [0.05, 0.1) is 11.7 Å². The quantitative estimate of drug-likeness (QED) is 0.606. The van der Waals surface area contributed by atoms with Crippen LogP contribution in [0.1, 0.15) is 34.6 Å². The Hall–Kier alpha value is -3.59. The van der Waals surface area contributed by atoms with Gasteiger partial charge in [-0.25, -0.2) is 13.8 Å². The molecule has 1 aromatic heterocycles. The van der Waals surface area contributed by atoms with Crippen LogP contribution >= 0.6 is 0 Å². The molecule has 32 heavy (non-hydrogen) atoms. The van der Waals surface area contributed by atoms with Crippen molar-refractivity contribution in [2.75, 3.05) is 27.2 Å². The van der Waals surface area contributed by atoms with Crippen LogP contribution in [-0.2, 0) is 0 Å². The number of aryl methyl sites for hydroxylation is 1. The summed E-state index contributed by atoms with van der Waals surface area (Å²) < 4.78 is 16.1. The highest BCUT2D eigenvalue weighted by Gasteiger charge is 2.24. The van der Waals surface area contributed by atoms with Crippen LogP contribution in [0.5, 0.6) is 0 Å². The molecule has 0 saturated carbocycles. The lowest BCUT2D eigenvalue weighted by Crippen LogP contribution is -2.47. The van der Waals surface area contributed by atoms with E-state index in [0.29, 0.717) is 24.2 Å². The highest BCUT2D eigenvalue weighted by Crippen LogP contribution is 2.15. The van der Waals surface area contributed by atoms with Crippen molar-refractivity contribution in [3.63, 3.8) is 0 Å². The Labute approximate surface area is 184 Å². The van der Waals surface area contributed by atoms with Crippen molar-refractivity contribution in [3.05, 3.63) is 92.0 Å². The molecular weight excluding hydrogens is 413 g/mol. The van der Waals surface area contributed by atoms with Crippen molar-refractivity contribution < 1.29 is 9.18 Å². The van der Waals surface area contributed by atoms with E-state index in [4.69, 9.17) is 0 Å². The molecule has 168 valence electrons. The van der Waals surface area contributed by atoms with Gasteiger partial charge in [-0.15, -0.1) is 0 Å². The van der Waals surface area contributed by atoms with Crippen LogP contribution < -0.4 is 16.6 Å². The Morgan fingerprint density at radius 2 is 1.84 bits per heavy atom. The molecule has 0 saturated heterocycles. The molecule has 0 aliphatic carbocycles. The van der Waals surface area contributed by atoms with Crippen LogP contribution in [0.2, 0.25) is 0 Å². The number of halogens is 1. The van der Waals surface area contributed by atoms with Crippen molar-refractivity contribution in [3.8, 4) is 5.69 Å². The van der Waals surface area contributed by atoms with Gasteiger partial charge in [0.1, 0.15) is 5.82 Å². The first kappa shape index (κ1) is 23.1. The van der Waals surface area contributed by atoms with E-state index in [2.05, 4.69) is 10.4 Å². The molecule has 0 aliphatic rings. The fourth-order valence-corrected chi connectivity index (χ4v) is 3.21. The summed E-state index contributed by atoms with van der Waals surface area (Å²) in [7, 11) is 3.70. The van der Waals surface area contributed by atoms with Gasteiger partial charge in [-0.3, -0.25) is 9.59 Å². The topological polar surface area (TPSA) is 89.2 Å². The zero-order chi connectivity index (χ0) is 23.4. The van der Waals surface area contributed by atoms with E-state index in [9.17, 15) is 18.8 Å². The number of nitrogens with zero attached hydrogens (tertiary/aromatic N) is 4. The van der Waals surface area contributed by atoms with E-state index in [1.807, 2.05) is 25.1 Å². The Balaban J connectivity index is 2.19. The fourth-order valence-electron chi connectivity index (χ4n) is 3.21. The predicted octanol–water partition coefficient (Wildman–Crippen LogP) is 1.74. The normalized spacial score (nSPS) is 12.1. The molecule has 1 amide bonds. The molecule has 0 bridgehead atoms. The number of hydrogen-bond donors (Lipinski definition) is 1. The van der Waals surface area contributed by atoms with E-state index in [-0.39, 0.29) is 5.69 Å². The Morgan fingerprint density at radius 1 is 1.16 bits per heavy atom. The third-order valence-electron chi connectivity index (χ3n) is 5.14. The Morgan fingerprint density at radius 3 is 2.47 bits per heavy atom. The van der Waals surface area contributed by atoms with E-state index < -0.39 is 34.7 Å². The average Bonchev–Trinajstić information content (AvgIpc) is 2.76. The number of likely N-dealkylation sites (N-methyl/N-ethyl adjacent to an activating group) is 1. The van der Waals surface area contributed by atoms with Crippen LogP contribution in [0.4, 0.5) is 4.39 Å². The molecule has 1 heterocycles. The summed E-state index contributed by atoms with van der Waals surface area (Å²) in [5, 5.41) is 6.68. The third kappa shape index (κ3) is 4.83. The SMILES string of the molecule is Cc1ccc(-n2nc(C(=O)NCCN(C)C)c(=O)n([C@H](C)c3ccccc3)c2=O)cc1F. The van der Waals surface area contributed by atoms with E-state index in [1.54, 1.807) is 38.1 Å². The summed E-state index contributed by atoms with van der Waals surface area (Å²) in [4.78, 5) is 41.1. The molecule has 3 aromatic rings. The summed E-state index contributed by atoms with van der Waals surface area (Å²) in [5.41, 5.74) is -0.786. The summed E-state index contributed by atoms with van der Waals surface area (Å²) >= 11 is 0. The predicted molar refractivity (Wildman–Crippen MR) is 120 cm³/mol. The monoisotopic (exact) mass is 439 g/mol. The average molecular weight is 439 g/mol. The fraction of sp³-hybridized carbons (Fsp3) is 0.304. The zero-order valence-corrected chi connectivity index (χ0v) is 18.5. The molecule has 1 atom stereocenters. The smallest absolute Gasteiger partial charge is 0.349 e. The molecule has 2 aromatic carbocycles. The van der Waals surface area contributed by atoms with Gasteiger partial charge in [0.15, 0.2) is 0 Å². The molecule has 0 radical (unpaired) electrons. The van der Waals surface area contributed by atoms with Crippen molar-refractivity contribution in [2.24, 2.45) is 0 Å². The highest BCUT2D eigenvalue weighted by molar-refractivity contribution is 5.91. The number of nitrogens with one attached hydrogen (secondary N) is 1. The van der Waals surface area contributed by atoms with Crippen LogP contribution in [0.25, 0.3) is 5.69 Å². The van der Waals surface area contributed by atoms with Gasteiger partial charge in [0.25, 0.3) is 11.5 Å². The highest BCUT2D eigenvalue weighted by atomic mass is 19.1. The Kier molecular flexibility index (Phi) is 6.99. The molecule has 0 aliphatic heterocycles. The van der Waals surface area contributed by atoms with Crippen LogP contribution in [0, 0.1) is 12.7 Å². The number of rotatable bonds is 7. The Bertz CT molecular complexity index is 1230. The van der Waals surface area contributed by atoms with E-state index >= 15 is 0 Å². The first-order valence-corrected chi connectivity index (χ1v) is 10.2. The number of hydrogen-bond acceptors (Lipinski definition) is 5. The largest absolute Gasteiger partial charge is 0.352 e. The molecule has 0 fully saturated rings. The maximum Gasteiger partial charge on any atom is 0.352 e. The van der Waals surface area contributed by atoms with Crippen molar-refractivity contribution in [1.29, 1.82) is 0 Å². The van der Waals surface area contributed by atoms with Crippen molar-refractivity contribution in [2.45, 2.75) is 19.9 Å². The number of carbonyl (C=O) groups excluding carboxylic acids is 1. The van der Waals surface area contributed by atoms with E-state index in [0.717, 1.165) is 15.3 Å². The van der Waals surface area contributed by atoms with Crippen molar-refractivity contribution in [1.82, 2.24) is 24.6 Å². The van der Waals surface area contributed by atoms with Crippen LogP contribution in [0.15, 0.2) is 58.1 Å². The maximum atomic E-state index is 14.2. The lowest BCUT2D eigenvalue weighted by Gasteiger charge is -2.18. The van der Waals surface area contributed by atoms with Gasteiger partial charge in [-0.2, -0.15) is 9.78 Å². The van der Waals surface area contributed by atoms with Gasteiger partial charge >= 0.3 is 5.69 Å². The molecule has 0 unspecified atom stereocenters. The minimum atomic E-state index is -0.808. The van der Waals surface area contributed by atoms with Crippen LogP contribution in [0.3, 0.4) is 0 Å². The summed E-state index contributed by atoms with van der Waals surface area (Å²) in [6, 6.07) is 12.5. The lowest BCUT2D eigenvalue weighted by molar-refractivity contribution is 0.0941. The molecule has 1 N–H and O–H groups in total. The lowest BCUT2D eigenvalue weighted by atomic mass is 10.1. The van der Waals surface area contributed by atoms with Gasteiger partial charge < -0.3 is 10.2 Å². The second-order valence-electron chi connectivity index (χ2n) is 7.80. The van der Waals surface area contributed by atoms with Crippen LogP contribution in [-0.4, -0.2) is 52.3 Å². The van der Waals surface area contributed by atoms with Gasteiger partial charge in [0, 0.05) is 19.2 Å². The molecular formula is C23H26FN5O3. The standard InChI is InChI=1S/C23H26FN5O3/c1-15-10-11-18(14-19(15)24)29-23(32)28(16(2)17-8-6-5-7-9-17)22(31)20(26-29)21(30)25-12-13-27(3)4/h5-11,14,16H,12-13H2,1-4H3,(H,25,30)/t16-/m1/s1. The number of amides is 1. The minimum absolute atomic E-state index is 0.120. The molecule has 8 nitrogen and oxygen atoms in total. The van der Waals surface area contributed by atoms with Gasteiger partial charge in [-0.1, -0.05) is 36.4 Å². The van der Waals surface area contributed by atoms with Crippen molar-refractivity contribution >= 4 is 5.91 Å². The third-order valence-corrected chi connectivity index (χ3v) is 5.14. The van der Waals surface area contributed by atoms with E-state index in [1.165, 1.54) is 12.1 Å². The second-order valence-corrected chi connectivity index (χ2v) is 7.80. The summed E-state index contributed by atoms with van der Waals surface area (Å²) in [6.07, 6.45) is 0. The summed E-state index contributed by atoms with van der Waals surface area (Å²) in [6.45, 7) is 4.13.